The van der Waals surface area contributed by atoms with Crippen molar-refractivity contribution >= 4 is 23.2 Å². The van der Waals surface area contributed by atoms with E-state index in [1.165, 1.54) is 6.07 Å². The van der Waals surface area contributed by atoms with E-state index in [9.17, 15) is 9.18 Å². The van der Waals surface area contributed by atoms with Gasteiger partial charge in [-0.1, -0.05) is 0 Å². The van der Waals surface area contributed by atoms with Gasteiger partial charge in [-0.25, -0.2) is 14.4 Å². The highest BCUT2D eigenvalue weighted by molar-refractivity contribution is 5.94. The highest BCUT2D eigenvalue weighted by atomic mass is 19.1. The van der Waals surface area contributed by atoms with E-state index in [1.54, 1.807) is 24.4 Å². The minimum absolute atomic E-state index is 0.278. The number of carbonyl (C=O) groups excluding carboxylic acids is 1. The van der Waals surface area contributed by atoms with Gasteiger partial charge in [0.15, 0.2) is 0 Å². The summed E-state index contributed by atoms with van der Waals surface area (Å²) in [4.78, 5) is 23.1. The van der Waals surface area contributed by atoms with E-state index in [2.05, 4.69) is 20.6 Å². The van der Waals surface area contributed by atoms with Crippen LogP contribution < -0.4 is 15.5 Å². The Morgan fingerprint density at radius 1 is 1.09 bits per heavy atom. The number of amides is 1. The summed E-state index contributed by atoms with van der Waals surface area (Å²) >= 11 is 0. The summed E-state index contributed by atoms with van der Waals surface area (Å²) in [5, 5.41) is 6.03. The maximum atomic E-state index is 14.8. The second kappa shape index (κ2) is 9.74. The zero-order valence-corrected chi connectivity index (χ0v) is 18.2. The molecule has 32 heavy (non-hydrogen) atoms. The lowest BCUT2D eigenvalue weighted by Crippen LogP contribution is -2.24. The fourth-order valence-corrected chi connectivity index (χ4v) is 3.59. The Morgan fingerprint density at radius 2 is 1.97 bits per heavy atom. The first kappa shape index (κ1) is 21.7. The number of ether oxygens (including phenoxy) is 1. The van der Waals surface area contributed by atoms with Gasteiger partial charge in [-0.2, -0.15) is 0 Å². The first-order valence-electron chi connectivity index (χ1n) is 10.6. The van der Waals surface area contributed by atoms with E-state index in [0.717, 1.165) is 29.8 Å². The van der Waals surface area contributed by atoms with E-state index in [0.29, 0.717) is 37.0 Å². The van der Waals surface area contributed by atoms with E-state index < -0.39 is 5.82 Å². The van der Waals surface area contributed by atoms with Crippen LogP contribution in [0.5, 0.6) is 0 Å². The Bertz CT molecular complexity index is 1120. The summed E-state index contributed by atoms with van der Waals surface area (Å²) in [5.74, 6) is -0.455. The van der Waals surface area contributed by atoms with Gasteiger partial charge in [-0.15, -0.1) is 0 Å². The molecule has 0 fully saturated rings. The zero-order chi connectivity index (χ0) is 22.5. The van der Waals surface area contributed by atoms with Crippen LogP contribution in [0.2, 0.25) is 0 Å². The largest absolute Gasteiger partial charge is 0.377 e. The molecule has 2 N–H and O–H groups in total. The number of rotatable bonds is 1. The predicted octanol–water partition coefficient (Wildman–Crippen LogP) is 4.13. The molecule has 0 radical (unpaired) electrons. The molecule has 2 aliphatic heterocycles. The average Bonchev–Trinajstić information content (AvgIpc) is 2.78. The number of carbonyl (C=O) groups is 1. The molecule has 1 amide bonds. The summed E-state index contributed by atoms with van der Waals surface area (Å²) in [6.07, 6.45) is 3.16. The van der Waals surface area contributed by atoms with E-state index in [-0.39, 0.29) is 11.5 Å². The van der Waals surface area contributed by atoms with Gasteiger partial charge in [0.25, 0.3) is 5.91 Å². The second-order valence-electron chi connectivity index (χ2n) is 7.84. The first-order chi connectivity index (χ1) is 15.5. The van der Waals surface area contributed by atoms with Crippen molar-refractivity contribution in [1.82, 2.24) is 15.3 Å². The number of halogens is 1. The molecule has 0 aliphatic carbocycles. The standard InChI is InChI=1S/C24H26FN5O2/c1-30(2)22-8-6-18-13-17(22)15-32-12-4-3-10-26-23(31)16-5-7-19(20(25)14-16)21-9-11-27-24(28-18)29-21/h5-9,11,13-14H,3-4,10,12,15H2,1-2H3,(H,26,31)(H,27,28,29). The number of hydrogen-bond acceptors (Lipinski definition) is 6. The number of anilines is 3. The van der Waals surface area contributed by atoms with Gasteiger partial charge >= 0.3 is 0 Å². The number of aromatic nitrogens is 2. The summed E-state index contributed by atoms with van der Waals surface area (Å²) in [6, 6.07) is 12.0. The van der Waals surface area contributed by atoms with Crippen LogP contribution in [0, 0.1) is 5.82 Å². The quantitative estimate of drug-likeness (QED) is 0.598. The van der Waals surface area contributed by atoms with Gasteiger partial charge in [0, 0.05) is 61.5 Å². The second-order valence-corrected chi connectivity index (χ2v) is 7.84. The molecule has 1 aromatic heterocycles. The van der Waals surface area contributed by atoms with Crippen molar-refractivity contribution in [2.75, 3.05) is 37.5 Å². The van der Waals surface area contributed by atoms with Crippen LogP contribution in [0.25, 0.3) is 11.3 Å². The van der Waals surface area contributed by atoms with Crippen molar-refractivity contribution in [3.8, 4) is 11.3 Å². The number of benzene rings is 2. The number of nitrogens with one attached hydrogen (secondary N) is 2. The average molecular weight is 436 g/mol. The van der Waals surface area contributed by atoms with Gasteiger partial charge in [-0.3, -0.25) is 4.79 Å². The van der Waals surface area contributed by atoms with Crippen molar-refractivity contribution < 1.29 is 13.9 Å². The summed E-state index contributed by atoms with van der Waals surface area (Å²) in [6.45, 7) is 1.54. The van der Waals surface area contributed by atoms with Gasteiger partial charge in [0.2, 0.25) is 5.95 Å². The van der Waals surface area contributed by atoms with Gasteiger partial charge in [-0.05, 0) is 55.3 Å². The SMILES string of the molecule is CN(C)c1ccc2cc1COCCCCNC(=O)c1ccc(c(F)c1)-c1ccnc(n1)N2. The molecule has 2 aliphatic rings. The molecular weight excluding hydrogens is 409 g/mol. The molecule has 6 bridgehead atoms. The van der Waals surface area contributed by atoms with Crippen LogP contribution >= 0.6 is 0 Å². The van der Waals surface area contributed by atoms with E-state index in [1.807, 2.05) is 37.2 Å². The molecule has 0 unspecified atom stereocenters. The monoisotopic (exact) mass is 435 g/mol. The molecule has 0 spiro atoms. The smallest absolute Gasteiger partial charge is 0.251 e. The number of hydrogen-bond donors (Lipinski definition) is 2. The molecule has 7 nitrogen and oxygen atoms in total. The summed E-state index contributed by atoms with van der Waals surface area (Å²) in [7, 11) is 3.98. The fraction of sp³-hybridized carbons (Fsp3) is 0.292. The number of fused-ring (bicyclic) bond motifs is 9. The Balaban J connectivity index is 1.70. The predicted molar refractivity (Wildman–Crippen MR) is 123 cm³/mol. The molecule has 3 heterocycles. The minimum Gasteiger partial charge on any atom is -0.377 e. The highest BCUT2D eigenvalue weighted by Crippen LogP contribution is 2.27. The Morgan fingerprint density at radius 3 is 2.78 bits per heavy atom. The lowest BCUT2D eigenvalue weighted by atomic mass is 10.1. The third-order valence-electron chi connectivity index (χ3n) is 5.24. The maximum absolute atomic E-state index is 14.8. The molecule has 5 rings (SSSR count). The van der Waals surface area contributed by atoms with Gasteiger partial charge in [0.1, 0.15) is 5.82 Å². The van der Waals surface area contributed by atoms with Crippen LogP contribution in [-0.2, 0) is 11.3 Å². The molecule has 3 aromatic rings. The molecule has 2 aromatic carbocycles. The molecule has 0 saturated heterocycles. The summed E-state index contributed by atoms with van der Waals surface area (Å²) < 4.78 is 20.7. The topological polar surface area (TPSA) is 79.4 Å². The van der Waals surface area contributed by atoms with E-state index >= 15 is 0 Å². The third kappa shape index (κ3) is 5.03. The van der Waals surface area contributed by atoms with Crippen LogP contribution in [0.3, 0.4) is 0 Å². The van der Waals surface area contributed by atoms with Crippen molar-refractivity contribution in [1.29, 1.82) is 0 Å². The van der Waals surface area contributed by atoms with Crippen molar-refractivity contribution in [3.05, 3.63) is 65.6 Å². The van der Waals surface area contributed by atoms with Crippen LogP contribution in [0.4, 0.5) is 21.7 Å². The zero-order valence-electron chi connectivity index (χ0n) is 18.2. The maximum Gasteiger partial charge on any atom is 0.251 e. The van der Waals surface area contributed by atoms with Gasteiger partial charge in [0.05, 0.1) is 12.3 Å². The van der Waals surface area contributed by atoms with Crippen LogP contribution in [-0.4, -0.2) is 43.1 Å². The molecule has 166 valence electrons. The third-order valence-corrected chi connectivity index (χ3v) is 5.24. The Labute approximate surface area is 186 Å². The van der Waals surface area contributed by atoms with Crippen molar-refractivity contribution in [2.24, 2.45) is 0 Å². The Kier molecular flexibility index (Phi) is 6.61. The van der Waals surface area contributed by atoms with Crippen molar-refractivity contribution in [2.45, 2.75) is 19.4 Å². The minimum atomic E-state index is -0.508. The molecule has 8 heteroatoms. The fourth-order valence-electron chi connectivity index (χ4n) is 3.59. The molecule has 0 saturated carbocycles. The highest BCUT2D eigenvalue weighted by Gasteiger charge is 2.13. The number of nitrogens with zero attached hydrogens (tertiary/aromatic N) is 3. The van der Waals surface area contributed by atoms with E-state index in [4.69, 9.17) is 4.74 Å². The molecular formula is C24H26FN5O2. The molecule has 0 atom stereocenters. The summed E-state index contributed by atoms with van der Waals surface area (Å²) in [5.41, 5.74) is 3.92. The lowest BCUT2D eigenvalue weighted by Gasteiger charge is -2.19. The normalized spacial score (nSPS) is 14.5. The van der Waals surface area contributed by atoms with Crippen LogP contribution in [0.15, 0.2) is 48.7 Å². The lowest BCUT2D eigenvalue weighted by molar-refractivity contribution is 0.0945. The van der Waals surface area contributed by atoms with Gasteiger partial charge < -0.3 is 20.3 Å². The first-order valence-corrected chi connectivity index (χ1v) is 10.6. The van der Waals surface area contributed by atoms with Crippen LogP contribution in [0.1, 0.15) is 28.8 Å². The Hall–Kier alpha value is -3.52. The van der Waals surface area contributed by atoms with Crippen molar-refractivity contribution in [3.63, 3.8) is 0 Å².